The molecule has 2 rings (SSSR count). The highest BCUT2D eigenvalue weighted by atomic mass is 16.7. The summed E-state index contributed by atoms with van der Waals surface area (Å²) in [6, 6.07) is 13.4. The highest BCUT2D eigenvalue weighted by molar-refractivity contribution is 5.61. The summed E-state index contributed by atoms with van der Waals surface area (Å²) in [5, 5.41) is 19.8. The van der Waals surface area contributed by atoms with Crippen LogP contribution in [0, 0.1) is 0 Å². The second kappa shape index (κ2) is 8.24. The first-order valence-electron chi connectivity index (χ1n) is 7.99. The smallest absolute Gasteiger partial charge is 0.508 e. The van der Waals surface area contributed by atoms with E-state index in [1.165, 1.54) is 0 Å². The summed E-state index contributed by atoms with van der Waals surface area (Å²) in [7, 11) is 0. The Kier molecular flexibility index (Phi) is 6.07. The van der Waals surface area contributed by atoms with Crippen molar-refractivity contribution in [1.82, 2.24) is 0 Å². The maximum absolute atomic E-state index is 12.1. The molecule has 0 aliphatic rings. The Morgan fingerprint density at radius 3 is 1.54 bits per heavy atom. The van der Waals surface area contributed by atoms with E-state index in [1.54, 1.807) is 48.5 Å². The number of carbonyl (C=O) groups excluding carboxylic acids is 1. The lowest BCUT2D eigenvalue weighted by atomic mass is 10.1. The average molecular weight is 330 g/mol. The Morgan fingerprint density at radius 2 is 1.21 bits per heavy atom. The van der Waals surface area contributed by atoms with Gasteiger partial charge in [-0.05, 0) is 25.0 Å². The van der Waals surface area contributed by atoms with Gasteiger partial charge >= 0.3 is 6.16 Å². The van der Waals surface area contributed by atoms with Crippen molar-refractivity contribution >= 4 is 6.16 Å². The lowest BCUT2D eigenvalue weighted by Crippen LogP contribution is -2.16. The quantitative estimate of drug-likeness (QED) is 0.740. The van der Waals surface area contributed by atoms with Crippen molar-refractivity contribution in [2.75, 3.05) is 0 Å². The van der Waals surface area contributed by atoms with Crippen LogP contribution < -0.4 is 0 Å². The summed E-state index contributed by atoms with van der Waals surface area (Å²) >= 11 is 0. The minimum Gasteiger partial charge on any atom is -0.508 e. The molecule has 0 saturated carbocycles. The fourth-order valence-corrected chi connectivity index (χ4v) is 2.51. The number of phenols is 2. The second-order valence-electron chi connectivity index (χ2n) is 5.40. The topological polar surface area (TPSA) is 76.0 Å². The molecule has 0 radical (unpaired) electrons. The van der Waals surface area contributed by atoms with Gasteiger partial charge in [-0.1, -0.05) is 50.2 Å². The molecule has 2 aromatic carbocycles. The van der Waals surface area contributed by atoms with E-state index in [2.05, 4.69) is 0 Å². The van der Waals surface area contributed by atoms with Gasteiger partial charge in [-0.3, -0.25) is 0 Å². The first-order chi connectivity index (χ1) is 11.6. The molecule has 5 heteroatoms. The Labute approximate surface area is 141 Å². The molecule has 128 valence electrons. The molecule has 0 aromatic heterocycles. The van der Waals surface area contributed by atoms with Gasteiger partial charge in [0.1, 0.15) is 23.7 Å². The highest BCUT2D eigenvalue weighted by Gasteiger charge is 2.23. The maximum Gasteiger partial charge on any atom is 0.509 e. The number of hydrogen-bond donors (Lipinski definition) is 2. The first kappa shape index (κ1) is 17.7. The molecule has 0 amide bonds. The van der Waals surface area contributed by atoms with Crippen LogP contribution in [-0.4, -0.2) is 16.4 Å². The third-order valence-electron chi connectivity index (χ3n) is 3.79. The van der Waals surface area contributed by atoms with Crippen LogP contribution in [0.2, 0.25) is 0 Å². The van der Waals surface area contributed by atoms with Crippen molar-refractivity contribution in [3.05, 3.63) is 59.7 Å². The van der Waals surface area contributed by atoms with E-state index >= 15 is 0 Å². The molecule has 5 nitrogen and oxygen atoms in total. The minimum absolute atomic E-state index is 0.0740. The molecule has 0 spiro atoms. The van der Waals surface area contributed by atoms with Gasteiger partial charge in [-0.15, -0.1) is 0 Å². The number of ether oxygens (including phenoxy) is 2. The number of hydrogen-bond acceptors (Lipinski definition) is 5. The maximum atomic E-state index is 12.1. The molecule has 2 unspecified atom stereocenters. The zero-order chi connectivity index (χ0) is 17.5. The van der Waals surface area contributed by atoms with Crippen LogP contribution in [0.25, 0.3) is 0 Å². The molecular weight excluding hydrogens is 308 g/mol. The number of carbonyl (C=O) groups is 1. The zero-order valence-electron chi connectivity index (χ0n) is 13.8. The summed E-state index contributed by atoms with van der Waals surface area (Å²) in [5.41, 5.74) is 1.07. The Morgan fingerprint density at radius 1 is 0.833 bits per heavy atom. The van der Waals surface area contributed by atoms with E-state index in [1.807, 2.05) is 13.8 Å². The van der Waals surface area contributed by atoms with E-state index in [0.29, 0.717) is 24.0 Å². The standard InChI is InChI=1S/C19H22O5/c1-3-17(13-9-5-7-11-15(13)20)23-19(22)24-18(4-2)14-10-6-8-12-16(14)21/h5-12,17-18,20-21H,3-4H2,1-2H3. The summed E-state index contributed by atoms with van der Waals surface area (Å²) in [6.45, 7) is 3.70. The lowest BCUT2D eigenvalue weighted by molar-refractivity contribution is -0.00606. The molecule has 2 atom stereocenters. The van der Waals surface area contributed by atoms with Crippen LogP contribution in [0.3, 0.4) is 0 Å². The monoisotopic (exact) mass is 330 g/mol. The molecule has 2 N–H and O–H groups in total. The van der Waals surface area contributed by atoms with E-state index in [4.69, 9.17) is 9.47 Å². The number of phenolic OH excluding ortho intramolecular Hbond substituents is 2. The molecule has 2 aromatic rings. The van der Waals surface area contributed by atoms with Crippen LogP contribution in [-0.2, 0) is 9.47 Å². The molecule has 0 bridgehead atoms. The summed E-state index contributed by atoms with van der Waals surface area (Å²) in [5.74, 6) is 0.148. The molecule has 0 heterocycles. The number of benzene rings is 2. The fraction of sp³-hybridized carbons (Fsp3) is 0.316. The van der Waals surface area contributed by atoms with Gasteiger partial charge in [-0.25, -0.2) is 4.79 Å². The van der Waals surface area contributed by atoms with Crippen LogP contribution in [0.4, 0.5) is 4.79 Å². The second-order valence-corrected chi connectivity index (χ2v) is 5.40. The molecular formula is C19H22O5. The van der Waals surface area contributed by atoms with E-state index in [-0.39, 0.29) is 11.5 Å². The summed E-state index contributed by atoms with van der Waals surface area (Å²) in [6.07, 6.45) is -1.03. The predicted molar refractivity (Wildman–Crippen MR) is 89.8 cm³/mol. The number of rotatable bonds is 6. The van der Waals surface area contributed by atoms with Gasteiger partial charge in [0, 0.05) is 11.1 Å². The van der Waals surface area contributed by atoms with Crippen LogP contribution >= 0.6 is 0 Å². The third-order valence-corrected chi connectivity index (χ3v) is 3.79. The summed E-state index contributed by atoms with van der Waals surface area (Å²) < 4.78 is 10.7. The van der Waals surface area contributed by atoms with Gasteiger partial charge in [0.25, 0.3) is 0 Å². The predicted octanol–water partition coefficient (Wildman–Crippen LogP) is 4.85. The normalized spacial score (nSPS) is 13.1. The molecule has 0 aliphatic carbocycles. The van der Waals surface area contributed by atoms with E-state index < -0.39 is 18.4 Å². The van der Waals surface area contributed by atoms with Crippen molar-refractivity contribution in [3.63, 3.8) is 0 Å². The number of para-hydroxylation sites is 2. The zero-order valence-corrected chi connectivity index (χ0v) is 13.8. The molecule has 0 fully saturated rings. The van der Waals surface area contributed by atoms with Gasteiger partial charge in [0.2, 0.25) is 0 Å². The molecule has 0 saturated heterocycles. The SMILES string of the molecule is CCC(OC(=O)OC(CC)c1ccccc1O)c1ccccc1O. The lowest BCUT2D eigenvalue weighted by Gasteiger charge is -2.21. The average Bonchev–Trinajstić information content (AvgIpc) is 2.59. The van der Waals surface area contributed by atoms with E-state index in [9.17, 15) is 15.0 Å². The van der Waals surface area contributed by atoms with Crippen LogP contribution in [0.1, 0.15) is 50.0 Å². The summed E-state index contributed by atoms with van der Waals surface area (Å²) in [4.78, 5) is 12.1. The van der Waals surface area contributed by atoms with Crippen molar-refractivity contribution < 1.29 is 24.5 Å². The van der Waals surface area contributed by atoms with Gasteiger partial charge in [0.05, 0.1) is 0 Å². The van der Waals surface area contributed by atoms with Crippen LogP contribution in [0.5, 0.6) is 11.5 Å². The Hall–Kier alpha value is -2.69. The van der Waals surface area contributed by atoms with Crippen LogP contribution in [0.15, 0.2) is 48.5 Å². The van der Waals surface area contributed by atoms with Gasteiger partial charge < -0.3 is 19.7 Å². The number of aromatic hydroxyl groups is 2. The van der Waals surface area contributed by atoms with E-state index in [0.717, 1.165) is 0 Å². The largest absolute Gasteiger partial charge is 0.509 e. The third kappa shape index (κ3) is 4.19. The minimum atomic E-state index is -0.833. The molecule has 0 aliphatic heterocycles. The van der Waals surface area contributed by atoms with Crippen molar-refractivity contribution in [1.29, 1.82) is 0 Å². The fourth-order valence-electron chi connectivity index (χ4n) is 2.51. The first-order valence-corrected chi connectivity index (χ1v) is 7.99. The van der Waals surface area contributed by atoms with Crippen molar-refractivity contribution in [3.8, 4) is 11.5 Å². The van der Waals surface area contributed by atoms with Crippen molar-refractivity contribution in [2.45, 2.75) is 38.9 Å². The van der Waals surface area contributed by atoms with Gasteiger partial charge in [-0.2, -0.15) is 0 Å². The Balaban J connectivity index is 2.08. The highest BCUT2D eigenvalue weighted by Crippen LogP contribution is 2.32. The van der Waals surface area contributed by atoms with Crippen molar-refractivity contribution in [2.24, 2.45) is 0 Å². The molecule has 24 heavy (non-hydrogen) atoms. The van der Waals surface area contributed by atoms with Gasteiger partial charge in [0.15, 0.2) is 0 Å². The Bertz CT molecular complexity index is 625.